The molecule has 1 saturated heterocycles. The summed E-state index contributed by atoms with van der Waals surface area (Å²) in [6.07, 6.45) is 1.50. The number of nitrogens with one attached hydrogen (secondary N) is 1. The second-order valence-corrected chi connectivity index (χ2v) is 4.80. The monoisotopic (exact) mass is 288 g/mol. The molecule has 3 N–H and O–H groups in total. The van der Waals surface area contributed by atoms with Gasteiger partial charge in [0.15, 0.2) is 0 Å². The van der Waals surface area contributed by atoms with E-state index in [4.69, 9.17) is 15.2 Å². The van der Waals surface area contributed by atoms with Gasteiger partial charge in [0.05, 0.1) is 19.3 Å². The molecule has 0 radical (unpaired) electrons. The van der Waals surface area contributed by atoms with E-state index in [9.17, 15) is 4.79 Å². The molecule has 2 rings (SSSR count). The van der Waals surface area contributed by atoms with Crippen molar-refractivity contribution in [2.45, 2.75) is 12.8 Å². The Labute approximate surface area is 124 Å². The van der Waals surface area contributed by atoms with Crippen LogP contribution in [0.3, 0.4) is 0 Å². The van der Waals surface area contributed by atoms with Gasteiger partial charge in [0.2, 0.25) is 5.91 Å². The van der Waals surface area contributed by atoms with E-state index in [1.807, 2.05) is 6.07 Å². The second kappa shape index (κ2) is 7.67. The van der Waals surface area contributed by atoms with Crippen LogP contribution in [0.15, 0.2) is 18.2 Å². The predicted octanol–water partition coefficient (Wildman–Crippen LogP) is 1.37. The predicted molar refractivity (Wildman–Crippen MR) is 81.1 cm³/mol. The maximum atomic E-state index is 12.3. The molecule has 5 nitrogen and oxygen atoms in total. The normalized spacial score (nSPS) is 15.0. The molecule has 1 aromatic carbocycles. The Morgan fingerprint density at radius 2 is 2.24 bits per heavy atom. The zero-order valence-electron chi connectivity index (χ0n) is 12.1. The molecule has 0 aromatic heterocycles. The Balaban J connectivity index is 2.14. The maximum Gasteiger partial charge on any atom is 0.227 e. The first-order chi connectivity index (χ1) is 10.2. The summed E-state index contributed by atoms with van der Waals surface area (Å²) in [6, 6.07) is 5.43. The van der Waals surface area contributed by atoms with E-state index in [1.54, 1.807) is 19.2 Å². The molecular formula is C16H20N2O3. The summed E-state index contributed by atoms with van der Waals surface area (Å²) in [5.41, 5.74) is 6.80. The largest absolute Gasteiger partial charge is 0.495 e. The fourth-order valence-corrected chi connectivity index (χ4v) is 2.23. The van der Waals surface area contributed by atoms with E-state index in [1.165, 1.54) is 0 Å². The topological polar surface area (TPSA) is 73.6 Å². The van der Waals surface area contributed by atoms with Gasteiger partial charge >= 0.3 is 0 Å². The van der Waals surface area contributed by atoms with Gasteiger partial charge in [0, 0.05) is 24.7 Å². The highest BCUT2D eigenvalue weighted by Gasteiger charge is 2.22. The molecule has 0 atom stereocenters. The minimum atomic E-state index is -0.0118. The molecule has 1 aromatic rings. The molecule has 21 heavy (non-hydrogen) atoms. The van der Waals surface area contributed by atoms with Gasteiger partial charge in [0.1, 0.15) is 5.75 Å². The molecule has 5 heteroatoms. The molecule has 1 aliphatic rings. The van der Waals surface area contributed by atoms with Gasteiger partial charge in [-0.3, -0.25) is 4.79 Å². The van der Waals surface area contributed by atoms with Gasteiger partial charge in [-0.25, -0.2) is 0 Å². The number of hydrogen-bond donors (Lipinski definition) is 2. The van der Waals surface area contributed by atoms with Crippen molar-refractivity contribution in [1.29, 1.82) is 0 Å². The number of anilines is 1. The van der Waals surface area contributed by atoms with Crippen molar-refractivity contribution in [3.8, 4) is 17.6 Å². The zero-order valence-corrected chi connectivity index (χ0v) is 12.1. The molecule has 1 aliphatic heterocycles. The molecule has 0 aliphatic carbocycles. The van der Waals surface area contributed by atoms with Crippen LogP contribution >= 0.6 is 0 Å². The zero-order chi connectivity index (χ0) is 15.1. The van der Waals surface area contributed by atoms with Crippen molar-refractivity contribution in [3.05, 3.63) is 23.8 Å². The minimum absolute atomic E-state index is 0.000494. The quantitative estimate of drug-likeness (QED) is 0.824. The number of methoxy groups -OCH3 is 1. The van der Waals surface area contributed by atoms with E-state index in [0.29, 0.717) is 31.2 Å². The Morgan fingerprint density at radius 1 is 1.48 bits per heavy atom. The molecule has 0 saturated carbocycles. The number of amides is 1. The highest BCUT2D eigenvalue weighted by Crippen LogP contribution is 2.27. The fraction of sp³-hybridized carbons (Fsp3) is 0.438. The Hall–Kier alpha value is -2.03. The third-order valence-corrected chi connectivity index (χ3v) is 3.38. The third-order valence-electron chi connectivity index (χ3n) is 3.38. The molecule has 0 unspecified atom stereocenters. The summed E-state index contributed by atoms with van der Waals surface area (Å²) in [4.78, 5) is 12.3. The van der Waals surface area contributed by atoms with Crippen molar-refractivity contribution < 1.29 is 14.3 Å². The summed E-state index contributed by atoms with van der Waals surface area (Å²) >= 11 is 0. The van der Waals surface area contributed by atoms with Gasteiger partial charge in [0.25, 0.3) is 0 Å². The Morgan fingerprint density at radius 3 is 2.90 bits per heavy atom. The van der Waals surface area contributed by atoms with E-state index in [2.05, 4.69) is 17.2 Å². The number of carbonyl (C=O) groups is 1. The first-order valence-electron chi connectivity index (χ1n) is 7.00. The van der Waals surface area contributed by atoms with Gasteiger partial charge in [-0.2, -0.15) is 0 Å². The molecule has 1 amide bonds. The lowest BCUT2D eigenvalue weighted by Gasteiger charge is -2.21. The smallest absolute Gasteiger partial charge is 0.227 e. The molecule has 112 valence electrons. The fourth-order valence-electron chi connectivity index (χ4n) is 2.23. The first kappa shape index (κ1) is 15.4. The van der Waals surface area contributed by atoms with Crippen molar-refractivity contribution in [2.24, 2.45) is 11.7 Å². The van der Waals surface area contributed by atoms with E-state index >= 15 is 0 Å². The summed E-state index contributed by atoms with van der Waals surface area (Å²) in [5.74, 6) is 6.35. The molecule has 1 fully saturated rings. The summed E-state index contributed by atoms with van der Waals surface area (Å²) in [7, 11) is 1.57. The van der Waals surface area contributed by atoms with Crippen molar-refractivity contribution >= 4 is 11.6 Å². The lowest BCUT2D eigenvalue weighted by atomic mass is 9.99. The third kappa shape index (κ3) is 4.22. The van der Waals surface area contributed by atoms with Crippen LogP contribution in [0.1, 0.15) is 18.4 Å². The lowest BCUT2D eigenvalue weighted by molar-refractivity contribution is -0.122. The minimum Gasteiger partial charge on any atom is -0.495 e. The van der Waals surface area contributed by atoms with E-state index in [-0.39, 0.29) is 11.8 Å². The van der Waals surface area contributed by atoms with Crippen LogP contribution in [0.5, 0.6) is 5.75 Å². The Bertz CT molecular complexity index is 554. The Kier molecular flexibility index (Phi) is 5.61. The molecular weight excluding hydrogens is 268 g/mol. The van der Waals surface area contributed by atoms with Gasteiger partial charge in [-0.05, 0) is 31.0 Å². The van der Waals surface area contributed by atoms with Crippen LogP contribution in [0.2, 0.25) is 0 Å². The number of rotatable bonds is 3. The lowest BCUT2D eigenvalue weighted by Crippen LogP contribution is -2.28. The average Bonchev–Trinajstić information content (AvgIpc) is 2.54. The number of nitrogens with two attached hydrogens (primary N) is 1. The van der Waals surface area contributed by atoms with Crippen molar-refractivity contribution in [2.75, 3.05) is 32.2 Å². The highest BCUT2D eigenvalue weighted by molar-refractivity contribution is 5.94. The second-order valence-electron chi connectivity index (χ2n) is 4.80. The van der Waals surface area contributed by atoms with Crippen LogP contribution in [0.25, 0.3) is 0 Å². The summed E-state index contributed by atoms with van der Waals surface area (Å²) in [5, 5.41) is 2.93. The van der Waals surface area contributed by atoms with Crippen LogP contribution in [0, 0.1) is 17.8 Å². The van der Waals surface area contributed by atoms with Crippen molar-refractivity contribution in [1.82, 2.24) is 0 Å². The van der Waals surface area contributed by atoms with Gasteiger partial charge < -0.3 is 20.5 Å². The van der Waals surface area contributed by atoms with Crippen LogP contribution in [-0.2, 0) is 9.53 Å². The summed E-state index contributed by atoms with van der Waals surface area (Å²) in [6.45, 7) is 1.57. The van der Waals surface area contributed by atoms with Gasteiger partial charge in [-0.15, -0.1) is 0 Å². The molecule has 0 bridgehead atoms. The number of benzene rings is 1. The highest BCUT2D eigenvalue weighted by atomic mass is 16.5. The van der Waals surface area contributed by atoms with Crippen LogP contribution in [0.4, 0.5) is 5.69 Å². The maximum absolute atomic E-state index is 12.3. The van der Waals surface area contributed by atoms with E-state index < -0.39 is 0 Å². The van der Waals surface area contributed by atoms with Crippen LogP contribution in [-0.4, -0.2) is 32.8 Å². The first-order valence-corrected chi connectivity index (χ1v) is 7.00. The molecule has 0 spiro atoms. The molecule has 1 heterocycles. The number of hydrogen-bond acceptors (Lipinski definition) is 4. The average molecular weight is 288 g/mol. The van der Waals surface area contributed by atoms with Gasteiger partial charge in [-0.1, -0.05) is 11.8 Å². The van der Waals surface area contributed by atoms with Crippen LogP contribution < -0.4 is 15.8 Å². The van der Waals surface area contributed by atoms with E-state index in [0.717, 1.165) is 18.4 Å². The standard InChI is InChI=1S/C16H20N2O3/c1-20-15-5-4-12(3-2-8-17)11-14(15)18-16(19)13-6-9-21-10-7-13/h4-5,11,13H,6-10,17H2,1H3,(H,18,19). The number of ether oxygens (including phenoxy) is 2. The summed E-state index contributed by atoms with van der Waals surface area (Å²) < 4.78 is 10.6. The number of carbonyl (C=O) groups excluding carboxylic acids is 1. The van der Waals surface area contributed by atoms with Crippen molar-refractivity contribution in [3.63, 3.8) is 0 Å². The SMILES string of the molecule is COc1ccc(C#CCN)cc1NC(=O)C1CCOCC1.